The lowest BCUT2D eigenvalue weighted by Crippen LogP contribution is -2.38. The van der Waals surface area contributed by atoms with Crippen LogP contribution in [0.4, 0.5) is 0 Å². The molecule has 2 rings (SSSR count). The third-order valence-electron chi connectivity index (χ3n) is 3.61. The first kappa shape index (κ1) is 13.6. The molecule has 102 valence electrons. The molecule has 0 atom stereocenters. The molecule has 1 amide bonds. The minimum Gasteiger partial charge on any atom is -0.469 e. The van der Waals surface area contributed by atoms with Crippen molar-refractivity contribution in [3.63, 3.8) is 0 Å². The zero-order chi connectivity index (χ0) is 13.7. The molecule has 0 aliphatic carbocycles. The molecule has 4 nitrogen and oxygen atoms in total. The molecule has 0 N–H and O–H groups in total. The van der Waals surface area contributed by atoms with Crippen LogP contribution in [0.2, 0.25) is 0 Å². The highest BCUT2D eigenvalue weighted by atomic mass is 16.5. The molecule has 1 aliphatic rings. The Balaban J connectivity index is 1.86. The molecule has 1 heterocycles. The lowest BCUT2D eigenvalue weighted by molar-refractivity contribution is -0.142. The summed E-state index contributed by atoms with van der Waals surface area (Å²) in [6.07, 6.45) is 2.20. The second-order valence-corrected chi connectivity index (χ2v) is 4.88. The Morgan fingerprint density at radius 2 is 1.84 bits per heavy atom. The summed E-state index contributed by atoms with van der Waals surface area (Å²) >= 11 is 0. The lowest BCUT2D eigenvalue weighted by atomic mass is 9.93. The summed E-state index contributed by atoms with van der Waals surface area (Å²) in [7, 11) is 1.41. The number of carbonyl (C=O) groups is 2. The zero-order valence-corrected chi connectivity index (χ0v) is 11.2. The van der Waals surface area contributed by atoms with Gasteiger partial charge in [0, 0.05) is 25.1 Å². The van der Waals surface area contributed by atoms with E-state index in [0.29, 0.717) is 12.3 Å². The van der Waals surface area contributed by atoms with Crippen molar-refractivity contribution in [2.45, 2.75) is 19.3 Å². The van der Waals surface area contributed by atoms with Crippen molar-refractivity contribution in [3.05, 3.63) is 35.9 Å². The average Bonchev–Trinajstić information content (AvgIpc) is 2.48. The van der Waals surface area contributed by atoms with Crippen LogP contribution in [0, 0.1) is 5.92 Å². The first-order valence-corrected chi connectivity index (χ1v) is 6.62. The van der Waals surface area contributed by atoms with Gasteiger partial charge in [0.25, 0.3) is 5.91 Å². The number of hydrogen-bond donors (Lipinski definition) is 0. The summed E-state index contributed by atoms with van der Waals surface area (Å²) in [6, 6.07) is 9.32. The molecular weight excluding hydrogens is 242 g/mol. The van der Waals surface area contributed by atoms with Gasteiger partial charge in [-0.2, -0.15) is 0 Å². The van der Waals surface area contributed by atoms with Crippen molar-refractivity contribution >= 4 is 11.9 Å². The van der Waals surface area contributed by atoms with Gasteiger partial charge in [0.1, 0.15) is 0 Å². The van der Waals surface area contributed by atoms with Crippen LogP contribution in [0.15, 0.2) is 30.3 Å². The van der Waals surface area contributed by atoms with E-state index >= 15 is 0 Å². The second kappa shape index (κ2) is 6.36. The number of piperidine rings is 1. The molecule has 0 bridgehead atoms. The van der Waals surface area contributed by atoms with E-state index in [1.54, 1.807) is 0 Å². The normalized spacial score (nSPS) is 16.2. The van der Waals surface area contributed by atoms with Crippen molar-refractivity contribution < 1.29 is 14.3 Å². The van der Waals surface area contributed by atoms with Crippen LogP contribution in [0.3, 0.4) is 0 Å². The van der Waals surface area contributed by atoms with Crippen molar-refractivity contribution in [1.82, 2.24) is 4.90 Å². The smallest absolute Gasteiger partial charge is 0.305 e. The van der Waals surface area contributed by atoms with Crippen LogP contribution in [0.25, 0.3) is 0 Å². The maximum Gasteiger partial charge on any atom is 0.305 e. The van der Waals surface area contributed by atoms with Crippen molar-refractivity contribution in [2.75, 3.05) is 20.2 Å². The maximum absolute atomic E-state index is 12.2. The molecule has 1 aromatic carbocycles. The fourth-order valence-electron chi connectivity index (χ4n) is 2.42. The van der Waals surface area contributed by atoms with E-state index in [1.165, 1.54) is 7.11 Å². The van der Waals surface area contributed by atoms with Gasteiger partial charge in [-0.05, 0) is 30.9 Å². The number of likely N-dealkylation sites (tertiary alicyclic amines) is 1. The number of hydrogen-bond acceptors (Lipinski definition) is 3. The number of methoxy groups -OCH3 is 1. The minimum absolute atomic E-state index is 0.0807. The van der Waals surface area contributed by atoms with E-state index in [2.05, 4.69) is 4.74 Å². The number of carbonyl (C=O) groups excluding carboxylic acids is 2. The van der Waals surface area contributed by atoms with Crippen molar-refractivity contribution in [2.24, 2.45) is 5.92 Å². The van der Waals surface area contributed by atoms with E-state index in [0.717, 1.165) is 31.5 Å². The van der Waals surface area contributed by atoms with E-state index in [1.807, 2.05) is 35.2 Å². The Hall–Kier alpha value is -1.84. The Labute approximate surface area is 113 Å². The number of rotatable bonds is 3. The molecule has 1 aromatic rings. The van der Waals surface area contributed by atoms with Crippen LogP contribution < -0.4 is 0 Å². The average molecular weight is 261 g/mol. The summed E-state index contributed by atoms with van der Waals surface area (Å²) < 4.78 is 4.68. The standard InChI is InChI=1S/C15H19NO3/c1-19-14(17)11-12-7-9-16(10-8-12)15(18)13-5-3-2-4-6-13/h2-6,12H,7-11H2,1H3. The van der Waals surface area contributed by atoms with Gasteiger partial charge in [-0.15, -0.1) is 0 Å². The highest BCUT2D eigenvalue weighted by Gasteiger charge is 2.25. The Kier molecular flexibility index (Phi) is 4.55. The topological polar surface area (TPSA) is 46.6 Å². The lowest BCUT2D eigenvalue weighted by Gasteiger charge is -2.31. The van der Waals surface area contributed by atoms with Gasteiger partial charge in [0.2, 0.25) is 0 Å². The van der Waals surface area contributed by atoms with E-state index < -0.39 is 0 Å². The molecule has 1 saturated heterocycles. The Morgan fingerprint density at radius 1 is 1.21 bits per heavy atom. The fourth-order valence-corrected chi connectivity index (χ4v) is 2.42. The quantitative estimate of drug-likeness (QED) is 0.783. The molecular formula is C15H19NO3. The third kappa shape index (κ3) is 3.56. The highest BCUT2D eigenvalue weighted by Crippen LogP contribution is 2.22. The summed E-state index contributed by atoms with van der Waals surface area (Å²) in [5.74, 6) is 0.261. The molecule has 0 spiro atoms. The van der Waals surface area contributed by atoms with E-state index in [4.69, 9.17) is 0 Å². The Morgan fingerprint density at radius 3 is 2.42 bits per heavy atom. The first-order chi connectivity index (χ1) is 9.20. The van der Waals surface area contributed by atoms with Crippen LogP contribution in [-0.2, 0) is 9.53 Å². The van der Waals surface area contributed by atoms with Crippen LogP contribution in [0.1, 0.15) is 29.6 Å². The summed E-state index contributed by atoms with van der Waals surface area (Å²) in [5, 5.41) is 0. The first-order valence-electron chi connectivity index (χ1n) is 6.62. The predicted molar refractivity (Wildman–Crippen MR) is 71.7 cm³/mol. The molecule has 19 heavy (non-hydrogen) atoms. The number of nitrogens with zero attached hydrogens (tertiary/aromatic N) is 1. The molecule has 0 unspecified atom stereocenters. The summed E-state index contributed by atoms with van der Waals surface area (Å²) in [6.45, 7) is 1.44. The van der Waals surface area contributed by atoms with Crippen molar-refractivity contribution in [1.29, 1.82) is 0 Å². The van der Waals surface area contributed by atoms with Gasteiger partial charge in [-0.1, -0.05) is 18.2 Å². The van der Waals surface area contributed by atoms with Crippen LogP contribution >= 0.6 is 0 Å². The van der Waals surface area contributed by atoms with E-state index in [9.17, 15) is 9.59 Å². The Bertz CT molecular complexity index is 436. The molecule has 0 saturated carbocycles. The maximum atomic E-state index is 12.2. The third-order valence-corrected chi connectivity index (χ3v) is 3.61. The summed E-state index contributed by atoms with van der Waals surface area (Å²) in [5.41, 5.74) is 0.730. The van der Waals surface area contributed by atoms with Crippen LogP contribution in [-0.4, -0.2) is 37.0 Å². The van der Waals surface area contributed by atoms with Gasteiger partial charge in [-0.3, -0.25) is 9.59 Å². The molecule has 0 radical (unpaired) electrons. The van der Waals surface area contributed by atoms with Gasteiger partial charge >= 0.3 is 5.97 Å². The monoisotopic (exact) mass is 261 g/mol. The number of esters is 1. The predicted octanol–water partition coefficient (Wildman–Crippen LogP) is 2.10. The highest BCUT2D eigenvalue weighted by molar-refractivity contribution is 5.94. The van der Waals surface area contributed by atoms with Gasteiger partial charge in [0.05, 0.1) is 7.11 Å². The van der Waals surface area contributed by atoms with Crippen LogP contribution in [0.5, 0.6) is 0 Å². The number of benzene rings is 1. The van der Waals surface area contributed by atoms with Gasteiger partial charge in [-0.25, -0.2) is 0 Å². The molecule has 4 heteroatoms. The minimum atomic E-state index is -0.159. The molecule has 1 aliphatic heterocycles. The largest absolute Gasteiger partial charge is 0.469 e. The van der Waals surface area contributed by atoms with Gasteiger partial charge in [0.15, 0.2) is 0 Å². The summed E-state index contributed by atoms with van der Waals surface area (Å²) in [4.78, 5) is 25.3. The number of amides is 1. The molecule has 1 fully saturated rings. The number of ether oxygens (including phenoxy) is 1. The van der Waals surface area contributed by atoms with Crippen molar-refractivity contribution in [3.8, 4) is 0 Å². The second-order valence-electron chi connectivity index (χ2n) is 4.88. The van der Waals surface area contributed by atoms with E-state index in [-0.39, 0.29) is 11.9 Å². The van der Waals surface area contributed by atoms with Gasteiger partial charge < -0.3 is 9.64 Å². The SMILES string of the molecule is COC(=O)CC1CCN(C(=O)c2ccccc2)CC1. The molecule has 0 aromatic heterocycles. The fraction of sp³-hybridized carbons (Fsp3) is 0.467. The zero-order valence-electron chi connectivity index (χ0n) is 11.2.